The lowest BCUT2D eigenvalue weighted by atomic mass is 10.2. The quantitative estimate of drug-likeness (QED) is 0.798. The Labute approximate surface area is 116 Å². The van der Waals surface area contributed by atoms with Crippen molar-refractivity contribution in [1.82, 2.24) is 0 Å². The number of hydrogen-bond acceptors (Lipinski definition) is 5. The van der Waals surface area contributed by atoms with Crippen molar-refractivity contribution in [2.45, 2.75) is 6.04 Å². The van der Waals surface area contributed by atoms with Gasteiger partial charge in [-0.3, -0.25) is 0 Å². The van der Waals surface area contributed by atoms with Gasteiger partial charge in [-0.25, -0.2) is 4.79 Å². The summed E-state index contributed by atoms with van der Waals surface area (Å²) in [5.41, 5.74) is 0.456. The predicted octanol–water partition coefficient (Wildman–Crippen LogP) is 1.87. The second-order valence-corrected chi connectivity index (χ2v) is 4.08. The summed E-state index contributed by atoms with van der Waals surface area (Å²) in [6.45, 7) is 0.0160. The number of aliphatic carboxylic acids is 1. The van der Waals surface area contributed by atoms with Crippen LogP contribution in [0.25, 0.3) is 0 Å². The Morgan fingerprint density at radius 3 is 2.42 bits per heavy atom. The first-order chi connectivity index (χ1) is 9.03. The van der Waals surface area contributed by atoms with Crippen molar-refractivity contribution >= 4 is 23.3 Å². The molecule has 0 saturated carbocycles. The van der Waals surface area contributed by atoms with Gasteiger partial charge in [0, 0.05) is 13.2 Å². The molecule has 0 amide bonds. The Kier molecular flexibility index (Phi) is 5.72. The van der Waals surface area contributed by atoms with E-state index in [4.69, 9.17) is 30.9 Å². The number of halogens is 1. The number of carbonyl (C=O) groups is 1. The van der Waals surface area contributed by atoms with Crippen LogP contribution in [-0.4, -0.2) is 45.1 Å². The van der Waals surface area contributed by atoms with E-state index in [1.807, 2.05) is 0 Å². The third kappa shape index (κ3) is 3.90. The van der Waals surface area contributed by atoms with E-state index < -0.39 is 12.0 Å². The normalized spacial score (nSPS) is 11.8. The molecule has 1 aromatic carbocycles. The number of ether oxygens (including phenoxy) is 3. The molecular formula is C12H16ClNO5. The van der Waals surface area contributed by atoms with E-state index in [1.54, 1.807) is 12.1 Å². The molecule has 0 saturated heterocycles. The molecule has 0 radical (unpaired) electrons. The molecular weight excluding hydrogens is 274 g/mol. The molecule has 0 heterocycles. The van der Waals surface area contributed by atoms with Crippen LogP contribution in [0.1, 0.15) is 0 Å². The predicted molar refractivity (Wildman–Crippen MR) is 71.5 cm³/mol. The zero-order valence-corrected chi connectivity index (χ0v) is 11.7. The second-order valence-electron chi connectivity index (χ2n) is 3.68. The van der Waals surface area contributed by atoms with Gasteiger partial charge in [0.25, 0.3) is 0 Å². The average Bonchev–Trinajstić information content (AvgIpc) is 2.38. The van der Waals surface area contributed by atoms with E-state index >= 15 is 0 Å². The van der Waals surface area contributed by atoms with Crippen LogP contribution in [0.3, 0.4) is 0 Å². The number of methoxy groups -OCH3 is 3. The zero-order valence-electron chi connectivity index (χ0n) is 10.9. The number of hydrogen-bond donors (Lipinski definition) is 2. The second kappa shape index (κ2) is 7.06. The lowest BCUT2D eigenvalue weighted by Crippen LogP contribution is -2.33. The van der Waals surface area contributed by atoms with Gasteiger partial charge >= 0.3 is 5.97 Å². The first-order valence-corrected chi connectivity index (χ1v) is 5.81. The van der Waals surface area contributed by atoms with Crippen LogP contribution in [-0.2, 0) is 9.53 Å². The first-order valence-electron chi connectivity index (χ1n) is 5.43. The largest absolute Gasteiger partial charge is 0.495 e. The summed E-state index contributed by atoms with van der Waals surface area (Å²) in [6.07, 6.45) is 0. The molecule has 7 heteroatoms. The SMILES string of the molecule is COCC(Nc1cc(Cl)c(OC)cc1OC)C(=O)O. The molecule has 1 rings (SSSR count). The minimum Gasteiger partial charge on any atom is -0.495 e. The molecule has 0 aliphatic heterocycles. The van der Waals surface area contributed by atoms with Gasteiger partial charge in [-0.2, -0.15) is 0 Å². The molecule has 0 bridgehead atoms. The van der Waals surface area contributed by atoms with Crippen LogP contribution in [0.2, 0.25) is 5.02 Å². The molecule has 0 aromatic heterocycles. The molecule has 0 aliphatic carbocycles. The van der Waals surface area contributed by atoms with Crippen LogP contribution < -0.4 is 14.8 Å². The molecule has 106 valence electrons. The Balaban J connectivity index is 3.04. The summed E-state index contributed by atoms with van der Waals surface area (Å²) < 4.78 is 15.1. The maximum atomic E-state index is 11.1. The molecule has 1 unspecified atom stereocenters. The Morgan fingerprint density at radius 2 is 1.95 bits per heavy atom. The van der Waals surface area contributed by atoms with Gasteiger partial charge in [0.05, 0.1) is 31.5 Å². The van der Waals surface area contributed by atoms with Gasteiger partial charge in [0.15, 0.2) is 0 Å². The highest BCUT2D eigenvalue weighted by Crippen LogP contribution is 2.36. The highest BCUT2D eigenvalue weighted by atomic mass is 35.5. The summed E-state index contributed by atoms with van der Waals surface area (Å²) in [4.78, 5) is 11.1. The molecule has 1 aromatic rings. The smallest absolute Gasteiger partial charge is 0.328 e. The van der Waals surface area contributed by atoms with Crippen molar-refractivity contribution in [3.63, 3.8) is 0 Å². The standard InChI is InChI=1S/C12H16ClNO5/c1-17-6-9(12(15)16)14-8-4-7(13)10(18-2)5-11(8)19-3/h4-5,9,14H,6H2,1-3H3,(H,15,16). The van der Waals surface area contributed by atoms with Gasteiger partial charge in [0.2, 0.25) is 0 Å². The summed E-state index contributed by atoms with van der Waals surface area (Å²) in [6, 6.07) is 2.23. The average molecular weight is 290 g/mol. The van der Waals surface area contributed by atoms with Crippen molar-refractivity contribution in [3.8, 4) is 11.5 Å². The van der Waals surface area contributed by atoms with E-state index in [9.17, 15) is 4.79 Å². The molecule has 0 aliphatic rings. The van der Waals surface area contributed by atoms with E-state index in [1.165, 1.54) is 21.3 Å². The highest BCUT2D eigenvalue weighted by molar-refractivity contribution is 6.32. The summed E-state index contributed by atoms with van der Waals surface area (Å²) in [5.74, 6) is -0.151. The summed E-state index contributed by atoms with van der Waals surface area (Å²) in [5, 5.41) is 12.2. The van der Waals surface area contributed by atoms with Gasteiger partial charge < -0.3 is 24.6 Å². The Morgan fingerprint density at radius 1 is 1.32 bits per heavy atom. The van der Waals surface area contributed by atoms with Gasteiger partial charge in [-0.15, -0.1) is 0 Å². The Bertz CT molecular complexity index is 452. The number of benzene rings is 1. The van der Waals surface area contributed by atoms with E-state index in [-0.39, 0.29) is 6.61 Å². The lowest BCUT2D eigenvalue weighted by molar-refractivity contribution is -0.139. The van der Waals surface area contributed by atoms with Crippen LogP contribution in [0.4, 0.5) is 5.69 Å². The number of rotatable bonds is 7. The lowest BCUT2D eigenvalue weighted by Gasteiger charge is -2.18. The molecule has 19 heavy (non-hydrogen) atoms. The van der Waals surface area contributed by atoms with Gasteiger partial charge in [-0.1, -0.05) is 11.6 Å². The molecule has 0 fully saturated rings. The summed E-state index contributed by atoms with van der Waals surface area (Å²) >= 11 is 6.00. The third-order valence-electron chi connectivity index (χ3n) is 2.44. The van der Waals surface area contributed by atoms with Gasteiger partial charge in [0.1, 0.15) is 17.5 Å². The number of anilines is 1. The molecule has 6 nitrogen and oxygen atoms in total. The fourth-order valence-electron chi connectivity index (χ4n) is 1.50. The van der Waals surface area contributed by atoms with Gasteiger partial charge in [-0.05, 0) is 6.07 Å². The summed E-state index contributed by atoms with van der Waals surface area (Å²) in [7, 11) is 4.38. The van der Waals surface area contributed by atoms with E-state index in [0.29, 0.717) is 22.2 Å². The van der Waals surface area contributed by atoms with Crippen LogP contribution in [0.5, 0.6) is 11.5 Å². The van der Waals surface area contributed by atoms with Crippen LogP contribution in [0.15, 0.2) is 12.1 Å². The zero-order chi connectivity index (χ0) is 14.4. The third-order valence-corrected chi connectivity index (χ3v) is 2.73. The van der Waals surface area contributed by atoms with E-state index in [2.05, 4.69) is 5.32 Å². The van der Waals surface area contributed by atoms with Crippen molar-refractivity contribution in [3.05, 3.63) is 17.2 Å². The monoisotopic (exact) mass is 289 g/mol. The van der Waals surface area contributed by atoms with Crippen molar-refractivity contribution in [1.29, 1.82) is 0 Å². The van der Waals surface area contributed by atoms with E-state index in [0.717, 1.165) is 0 Å². The topological polar surface area (TPSA) is 77.0 Å². The maximum absolute atomic E-state index is 11.1. The number of nitrogens with one attached hydrogen (secondary N) is 1. The fourth-order valence-corrected chi connectivity index (χ4v) is 1.74. The van der Waals surface area contributed by atoms with Crippen molar-refractivity contribution in [2.75, 3.05) is 33.3 Å². The Hall–Kier alpha value is -1.66. The first kappa shape index (κ1) is 15.4. The molecule has 1 atom stereocenters. The fraction of sp³-hybridized carbons (Fsp3) is 0.417. The van der Waals surface area contributed by atoms with Crippen molar-refractivity contribution in [2.24, 2.45) is 0 Å². The maximum Gasteiger partial charge on any atom is 0.328 e. The molecule has 2 N–H and O–H groups in total. The minimum atomic E-state index is -1.03. The highest BCUT2D eigenvalue weighted by Gasteiger charge is 2.20. The molecule has 0 spiro atoms. The number of carboxylic acids is 1. The van der Waals surface area contributed by atoms with Crippen LogP contribution in [0, 0.1) is 0 Å². The number of carboxylic acid groups (broad SMARTS) is 1. The van der Waals surface area contributed by atoms with Crippen LogP contribution >= 0.6 is 11.6 Å². The van der Waals surface area contributed by atoms with Crippen molar-refractivity contribution < 1.29 is 24.1 Å². The minimum absolute atomic E-state index is 0.0160.